The average Bonchev–Trinajstić information content (AvgIpc) is 2.70. The Morgan fingerprint density at radius 2 is 1.87 bits per heavy atom. The van der Waals surface area contributed by atoms with Gasteiger partial charge in [0.05, 0.1) is 4.92 Å². The van der Waals surface area contributed by atoms with Gasteiger partial charge in [0, 0.05) is 37.3 Å². The van der Waals surface area contributed by atoms with Gasteiger partial charge in [-0.15, -0.1) is 0 Å². The first-order valence-electron chi connectivity index (χ1n) is 9.91. The second kappa shape index (κ2) is 9.21. The van der Waals surface area contributed by atoms with Crippen LogP contribution >= 0.6 is 0 Å². The minimum absolute atomic E-state index is 0.0368. The summed E-state index contributed by atoms with van der Waals surface area (Å²) < 4.78 is 18.7. The number of hydrogen-bond acceptors (Lipinski definition) is 5. The highest BCUT2D eigenvalue weighted by Crippen LogP contribution is 2.30. The Bertz CT molecular complexity index is 919. The summed E-state index contributed by atoms with van der Waals surface area (Å²) in [7, 11) is 0. The molecule has 2 aromatic carbocycles. The molecule has 8 heteroatoms. The van der Waals surface area contributed by atoms with Crippen LogP contribution in [0.2, 0.25) is 0 Å². The monoisotopic (exact) mass is 415 g/mol. The maximum absolute atomic E-state index is 13.1. The van der Waals surface area contributed by atoms with Gasteiger partial charge in [0.15, 0.2) is 12.4 Å². The third-order valence-electron chi connectivity index (χ3n) is 5.47. The van der Waals surface area contributed by atoms with Gasteiger partial charge in [-0.3, -0.25) is 19.8 Å². The summed E-state index contributed by atoms with van der Waals surface area (Å²) in [6.07, 6.45) is 0. The Hall–Kier alpha value is -3.00. The number of ether oxygens (including phenoxy) is 1. The number of para-hydroxylation sites is 1. The van der Waals surface area contributed by atoms with Crippen molar-refractivity contribution >= 4 is 11.6 Å². The molecule has 0 bridgehead atoms. The van der Waals surface area contributed by atoms with Crippen molar-refractivity contribution in [2.45, 2.75) is 39.4 Å². The van der Waals surface area contributed by atoms with Crippen molar-refractivity contribution in [3.05, 3.63) is 69.5 Å². The Balaban J connectivity index is 1.61. The van der Waals surface area contributed by atoms with Gasteiger partial charge >= 0.3 is 5.69 Å². The number of piperazine rings is 1. The number of hydrogen-bond donors (Lipinski definition) is 0. The third kappa shape index (κ3) is 4.94. The van der Waals surface area contributed by atoms with Crippen LogP contribution in [0.4, 0.5) is 10.1 Å². The van der Waals surface area contributed by atoms with Gasteiger partial charge in [-0.05, 0) is 44.5 Å². The molecule has 2 aromatic rings. The minimum Gasteiger partial charge on any atom is -0.477 e. The molecule has 0 N–H and O–H groups in total. The van der Waals surface area contributed by atoms with Crippen LogP contribution in [0, 0.1) is 22.9 Å². The van der Waals surface area contributed by atoms with E-state index in [0.717, 1.165) is 5.56 Å². The maximum Gasteiger partial charge on any atom is 0.313 e. The SMILES string of the molecule is Cc1cccc(OCC(=O)N2C[C@H](C)N(Cc3ccc(F)cc3)C[C@H]2C)c1[N+](=O)[O-]. The van der Waals surface area contributed by atoms with E-state index in [2.05, 4.69) is 4.90 Å². The van der Waals surface area contributed by atoms with Gasteiger partial charge in [0.2, 0.25) is 0 Å². The zero-order valence-corrected chi connectivity index (χ0v) is 17.4. The molecule has 30 heavy (non-hydrogen) atoms. The van der Waals surface area contributed by atoms with Crippen molar-refractivity contribution in [3.63, 3.8) is 0 Å². The zero-order chi connectivity index (χ0) is 21.8. The number of benzene rings is 2. The van der Waals surface area contributed by atoms with Gasteiger partial charge in [-0.2, -0.15) is 0 Å². The summed E-state index contributed by atoms with van der Waals surface area (Å²) in [6, 6.07) is 11.3. The quantitative estimate of drug-likeness (QED) is 0.533. The zero-order valence-electron chi connectivity index (χ0n) is 17.4. The fraction of sp³-hybridized carbons (Fsp3) is 0.409. The molecule has 7 nitrogen and oxygen atoms in total. The molecule has 3 rings (SSSR count). The van der Waals surface area contributed by atoms with Gasteiger partial charge in [0.1, 0.15) is 5.82 Å². The van der Waals surface area contributed by atoms with Crippen LogP contribution in [0.25, 0.3) is 0 Å². The van der Waals surface area contributed by atoms with Crippen molar-refractivity contribution in [1.29, 1.82) is 0 Å². The van der Waals surface area contributed by atoms with E-state index < -0.39 is 4.92 Å². The molecule has 1 saturated heterocycles. The first-order chi connectivity index (χ1) is 14.3. The summed E-state index contributed by atoms with van der Waals surface area (Å²) in [5.41, 5.74) is 1.39. The Kier molecular flexibility index (Phi) is 6.66. The third-order valence-corrected chi connectivity index (χ3v) is 5.47. The topological polar surface area (TPSA) is 75.9 Å². The number of carbonyl (C=O) groups is 1. The summed E-state index contributed by atoms with van der Waals surface area (Å²) in [4.78, 5) is 27.6. The lowest BCUT2D eigenvalue weighted by atomic mass is 10.1. The molecule has 2 atom stereocenters. The van der Waals surface area contributed by atoms with E-state index in [1.807, 2.05) is 13.8 Å². The Labute approximate surface area is 175 Å². The molecule has 0 saturated carbocycles. The van der Waals surface area contributed by atoms with Crippen LogP contribution in [-0.4, -0.2) is 52.4 Å². The molecule has 0 radical (unpaired) electrons. The molecule has 1 aliphatic rings. The van der Waals surface area contributed by atoms with Crippen LogP contribution < -0.4 is 4.74 Å². The van der Waals surface area contributed by atoms with Crippen molar-refractivity contribution in [1.82, 2.24) is 9.80 Å². The highest BCUT2D eigenvalue weighted by molar-refractivity contribution is 5.78. The molecule has 0 unspecified atom stereocenters. The summed E-state index contributed by atoms with van der Waals surface area (Å²) in [5.74, 6) is -0.361. The lowest BCUT2D eigenvalue weighted by Gasteiger charge is -2.44. The second-order valence-electron chi connectivity index (χ2n) is 7.77. The molecular weight excluding hydrogens is 389 g/mol. The largest absolute Gasteiger partial charge is 0.477 e. The number of halogens is 1. The Morgan fingerprint density at radius 3 is 2.53 bits per heavy atom. The molecule has 160 valence electrons. The number of nitro groups is 1. The van der Waals surface area contributed by atoms with Crippen LogP contribution in [-0.2, 0) is 11.3 Å². The minimum atomic E-state index is -0.492. The van der Waals surface area contributed by atoms with Crippen molar-refractivity contribution in [3.8, 4) is 5.75 Å². The fourth-order valence-electron chi connectivity index (χ4n) is 3.80. The van der Waals surface area contributed by atoms with Crippen molar-refractivity contribution in [2.24, 2.45) is 0 Å². The second-order valence-corrected chi connectivity index (χ2v) is 7.77. The average molecular weight is 415 g/mol. The summed E-state index contributed by atoms with van der Waals surface area (Å²) >= 11 is 0. The van der Waals surface area contributed by atoms with Crippen LogP contribution in [0.3, 0.4) is 0 Å². The Morgan fingerprint density at radius 1 is 1.17 bits per heavy atom. The normalized spacial score (nSPS) is 19.5. The molecule has 0 spiro atoms. The standard InChI is InChI=1S/C22H26FN3O4/c1-15-5-4-6-20(22(15)26(28)29)30-14-21(27)25-12-16(2)24(11-17(25)3)13-18-7-9-19(23)10-8-18/h4-10,16-17H,11-14H2,1-3H3/t16-,17+/m0/s1. The number of nitrogens with zero attached hydrogens (tertiary/aromatic N) is 3. The van der Waals surface area contributed by atoms with E-state index >= 15 is 0 Å². The van der Waals surface area contributed by atoms with Gasteiger partial charge in [-0.25, -0.2) is 4.39 Å². The van der Waals surface area contributed by atoms with Crippen LogP contribution in [0.1, 0.15) is 25.0 Å². The highest BCUT2D eigenvalue weighted by atomic mass is 19.1. The molecule has 1 fully saturated rings. The predicted molar refractivity (Wildman–Crippen MR) is 111 cm³/mol. The van der Waals surface area contributed by atoms with E-state index in [9.17, 15) is 19.3 Å². The molecule has 1 heterocycles. The number of nitro benzene ring substituents is 1. The number of carbonyl (C=O) groups excluding carboxylic acids is 1. The van der Waals surface area contributed by atoms with Gasteiger partial charge in [0.25, 0.3) is 5.91 Å². The fourth-order valence-corrected chi connectivity index (χ4v) is 3.80. The number of aryl methyl sites for hydroxylation is 1. The van der Waals surface area contributed by atoms with Crippen molar-refractivity contribution in [2.75, 3.05) is 19.7 Å². The van der Waals surface area contributed by atoms with E-state index in [0.29, 0.717) is 25.2 Å². The van der Waals surface area contributed by atoms with Gasteiger partial charge < -0.3 is 9.64 Å². The van der Waals surface area contributed by atoms with Crippen LogP contribution in [0.5, 0.6) is 5.75 Å². The maximum atomic E-state index is 13.1. The van der Waals surface area contributed by atoms with Crippen LogP contribution in [0.15, 0.2) is 42.5 Å². The number of amides is 1. The first-order valence-corrected chi connectivity index (χ1v) is 9.91. The predicted octanol–water partition coefficient (Wildman–Crippen LogP) is 3.54. The highest BCUT2D eigenvalue weighted by Gasteiger charge is 2.32. The summed E-state index contributed by atoms with van der Waals surface area (Å²) in [6.45, 7) is 7.28. The van der Waals surface area contributed by atoms with E-state index in [4.69, 9.17) is 4.74 Å². The number of rotatable bonds is 6. The molecule has 1 aliphatic heterocycles. The lowest BCUT2D eigenvalue weighted by molar-refractivity contribution is -0.386. The summed E-state index contributed by atoms with van der Waals surface area (Å²) in [5, 5.41) is 11.3. The smallest absolute Gasteiger partial charge is 0.313 e. The van der Waals surface area contributed by atoms with Gasteiger partial charge in [-0.1, -0.05) is 24.3 Å². The molecule has 1 amide bonds. The molecule has 0 aliphatic carbocycles. The van der Waals surface area contributed by atoms with Crippen molar-refractivity contribution < 1.29 is 18.8 Å². The lowest BCUT2D eigenvalue weighted by Crippen LogP contribution is -2.58. The first kappa shape index (κ1) is 21.7. The molecular formula is C22H26FN3O4. The molecule has 0 aromatic heterocycles. The van der Waals surface area contributed by atoms with E-state index in [1.54, 1.807) is 36.1 Å². The van der Waals surface area contributed by atoms with E-state index in [1.165, 1.54) is 18.2 Å². The van der Waals surface area contributed by atoms with E-state index in [-0.39, 0.29) is 41.9 Å².